The van der Waals surface area contributed by atoms with Crippen LogP contribution in [0.1, 0.15) is 11.1 Å². The standard InChI is InChI=1S/C20H15N2O/c1-13-6-3-4-8-15(13)19-20-16(10-11-22(19)2)18-14(12-21)7-5-9-17(18)23-20/h3-11H,1-2H3/q+1. The predicted octanol–water partition coefficient (Wildman–Crippen LogP) is 4.26. The zero-order valence-corrected chi connectivity index (χ0v) is 13.0. The first-order valence-corrected chi connectivity index (χ1v) is 7.50. The SMILES string of the molecule is Cc1ccccc1-c1c2oc3cccc(C#N)c3c2cc[n+]1C. The van der Waals surface area contributed by atoms with E-state index in [1.54, 1.807) is 0 Å². The predicted molar refractivity (Wildman–Crippen MR) is 89.8 cm³/mol. The third kappa shape index (κ3) is 1.92. The Morgan fingerprint density at radius 1 is 1.04 bits per heavy atom. The van der Waals surface area contributed by atoms with Gasteiger partial charge in [0.15, 0.2) is 6.20 Å². The van der Waals surface area contributed by atoms with E-state index in [1.165, 1.54) is 5.56 Å². The summed E-state index contributed by atoms with van der Waals surface area (Å²) < 4.78 is 8.21. The Balaban J connectivity index is 2.20. The molecule has 110 valence electrons. The van der Waals surface area contributed by atoms with Crippen molar-refractivity contribution in [2.24, 2.45) is 7.05 Å². The van der Waals surface area contributed by atoms with Gasteiger partial charge in [-0.2, -0.15) is 9.83 Å². The number of hydrogen-bond acceptors (Lipinski definition) is 2. The number of furan rings is 1. The summed E-state index contributed by atoms with van der Waals surface area (Å²) in [4.78, 5) is 0. The van der Waals surface area contributed by atoms with Gasteiger partial charge in [-0.15, -0.1) is 0 Å². The van der Waals surface area contributed by atoms with Crippen LogP contribution in [0.3, 0.4) is 0 Å². The molecule has 0 spiro atoms. The average molecular weight is 299 g/mol. The summed E-state index contributed by atoms with van der Waals surface area (Å²) in [5.41, 5.74) is 5.57. The number of rotatable bonds is 1. The minimum absolute atomic E-state index is 0.644. The van der Waals surface area contributed by atoms with E-state index in [0.717, 1.165) is 33.2 Å². The van der Waals surface area contributed by atoms with Gasteiger partial charge in [-0.3, -0.25) is 0 Å². The van der Waals surface area contributed by atoms with E-state index in [4.69, 9.17) is 4.42 Å². The Morgan fingerprint density at radius 2 is 1.87 bits per heavy atom. The molecule has 23 heavy (non-hydrogen) atoms. The molecular formula is C20H15N2O+. The first-order chi connectivity index (χ1) is 11.2. The summed E-state index contributed by atoms with van der Waals surface area (Å²) in [6, 6.07) is 18.1. The highest BCUT2D eigenvalue weighted by atomic mass is 16.3. The summed E-state index contributed by atoms with van der Waals surface area (Å²) in [6.45, 7) is 2.09. The highest BCUT2D eigenvalue weighted by Gasteiger charge is 2.22. The molecule has 2 aromatic carbocycles. The molecule has 3 nitrogen and oxygen atoms in total. The molecule has 0 radical (unpaired) electrons. The second-order valence-electron chi connectivity index (χ2n) is 5.73. The second kappa shape index (κ2) is 4.96. The van der Waals surface area contributed by atoms with Crippen molar-refractivity contribution >= 4 is 21.9 Å². The van der Waals surface area contributed by atoms with Crippen LogP contribution in [0, 0.1) is 18.3 Å². The summed E-state index contributed by atoms with van der Waals surface area (Å²) >= 11 is 0. The number of nitriles is 1. The van der Waals surface area contributed by atoms with Crippen molar-refractivity contribution in [2.45, 2.75) is 6.92 Å². The van der Waals surface area contributed by atoms with Gasteiger partial charge < -0.3 is 4.42 Å². The molecular weight excluding hydrogens is 284 g/mol. The molecule has 0 N–H and O–H groups in total. The molecule has 0 aliphatic carbocycles. The van der Waals surface area contributed by atoms with Crippen molar-refractivity contribution in [3.63, 3.8) is 0 Å². The second-order valence-corrected chi connectivity index (χ2v) is 5.73. The third-order valence-electron chi connectivity index (χ3n) is 4.31. The van der Waals surface area contributed by atoms with Crippen molar-refractivity contribution in [2.75, 3.05) is 0 Å². The lowest BCUT2D eigenvalue weighted by molar-refractivity contribution is -0.659. The van der Waals surface area contributed by atoms with Crippen molar-refractivity contribution in [3.8, 4) is 17.3 Å². The lowest BCUT2D eigenvalue weighted by atomic mass is 10.0. The molecule has 2 heterocycles. The summed E-state index contributed by atoms with van der Waals surface area (Å²) in [6.07, 6.45) is 2.02. The summed E-state index contributed by atoms with van der Waals surface area (Å²) in [5, 5.41) is 11.3. The Hall–Kier alpha value is -3.12. The molecule has 0 unspecified atom stereocenters. The van der Waals surface area contributed by atoms with Crippen LogP contribution >= 0.6 is 0 Å². The van der Waals surface area contributed by atoms with E-state index < -0.39 is 0 Å². The van der Waals surface area contributed by atoms with Crippen LogP contribution in [0.2, 0.25) is 0 Å². The number of hydrogen-bond donors (Lipinski definition) is 0. The first kappa shape index (κ1) is 13.5. The van der Waals surface area contributed by atoms with Crippen molar-refractivity contribution in [1.82, 2.24) is 0 Å². The van der Waals surface area contributed by atoms with Crippen LogP contribution in [0.25, 0.3) is 33.2 Å². The van der Waals surface area contributed by atoms with Crippen LogP contribution in [-0.2, 0) is 7.05 Å². The fourth-order valence-corrected chi connectivity index (χ4v) is 3.17. The Labute approximate surface area is 134 Å². The lowest BCUT2D eigenvalue weighted by Crippen LogP contribution is -2.30. The van der Waals surface area contributed by atoms with Crippen LogP contribution in [0.15, 0.2) is 59.1 Å². The third-order valence-corrected chi connectivity index (χ3v) is 4.31. The topological polar surface area (TPSA) is 40.8 Å². The normalized spacial score (nSPS) is 11.0. The highest BCUT2D eigenvalue weighted by molar-refractivity contribution is 6.10. The number of pyridine rings is 1. The van der Waals surface area contributed by atoms with E-state index >= 15 is 0 Å². The molecule has 0 bridgehead atoms. The summed E-state index contributed by atoms with van der Waals surface area (Å²) in [7, 11) is 2.01. The van der Waals surface area contributed by atoms with Crippen molar-refractivity contribution < 1.29 is 8.98 Å². The van der Waals surface area contributed by atoms with E-state index in [0.29, 0.717) is 5.56 Å². The van der Waals surface area contributed by atoms with Crippen molar-refractivity contribution in [3.05, 3.63) is 65.9 Å². The van der Waals surface area contributed by atoms with Gasteiger partial charge >= 0.3 is 0 Å². The monoisotopic (exact) mass is 299 g/mol. The van der Waals surface area contributed by atoms with Gasteiger partial charge in [-0.1, -0.05) is 24.3 Å². The van der Waals surface area contributed by atoms with Crippen LogP contribution in [0.5, 0.6) is 0 Å². The van der Waals surface area contributed by atoms with Gasteiger partial charge in [0, 0.05) is 16.8 Å². The Morgan fingerprint density at radius 3 is 2.65 bits per heavy atom. The van der Waals surface area contributed by atoms with Gasteiger partial charge in [0.1, 0.15) is 12.6 Å². The Bertz CT molecular complexity index is 1100. The number of fused-ring (bicyclic) bond motifs is 3. The van der Waals surface area contributed by atoms with Crippen LogP contribution < -0.4 is 4.57 Å². The van der Waals surface area contributed by atoms with E-state index in [-0.39, 0.29) is 0 Å². The zero-order chi connectivity index (χ0) is 16.0. The summed E-state index contributed by atoms with van der Waals surface area (Å²) in [5.74, 6) is 0. The minimum Gasteiger partial charge on any atom is -0.449 e. The van der Waals surface area contributed by atoms with Gasteiger partial charge in [0.25, 0.3) is 5.69 Å². The number of aryl methyl sites for hydroxylation is 2. The molecule has 0 fully saturated rings. The molecule has 0 aliphatic heterocycles. The van der Waals surface area contributed by atoms with Crippen LogP contribution in [-0.4, -0.2) is 0 Å². The van der Waals surface area contributed by atoms with Gasteiger partial charge in [-0.05, 0) is 30.7 Å². The fourth-order valence-electron chi connectivity index (χ4n) is 3.17. The maximum Gasteiger partial charge on any atom is 0.256 e. The number of aromatic nitrogens is 1. The maximum atomic E-state index is 9.40. The molecule has 0 saturated carbocycles. The number of benzene rings is 2. The van der Waals surface area contributed by atoms with E-state index in [2.05, 4.69) is 29.7 Å². The maximum absolute atomic E-state index is 9.40. The van der Waals surface area contributed by atoms with Crippen LogP contribution in [0.4, 0.5) is 0 Å². The van der Waals surface area contributed by atoms with Crippen molar-refractivity contribution in [1.29, 1.82) is 5.26 Å². The van der Waals surface area contributed by atoms with Gasteiger partial charge in [0.05, 0.1) is 17.2 Å². The minimum atomic E-state index is 0.644. The first-order valence-electron chi connectivity index (χ1n) is 7.50. The van der Waals surface area contributed by atoms with E-state index in [1.807, 2.05) is 49.6 Å². The van der Waals surface area contributed by atoms with E-state index in [9.17, 15) is 5.26 Å². The molecule has 0 amide bonds. The molecule has 0 saturated heterocycles. The average Bonchev–Trinajstić information content (AvgIpc) is 2.94. The number of nitrogens with zero attached hydrogens (tertiary/aromatic N) is 2. The zero-order valence-electron chi connectivity index (χ0n) is 13.0. The molecule has 3 heteroatoms. The smallest absolute Gasteiger partial charge is 0.256 e. The Kier molecular flexibility index (Phi) is 2.92. The highest BCUT2D eigenvalue weighted by Crippen LogP contribution is 2.35. The molecule has 2 aromatic heterocycles. The molecule has 4 rings (SSSR count). The molecule has 0 aliphatic rings. The van der Waals surface area contributed by atoms with Gasteiger partial charge in [0.2, 0.25) is 5.58 Å². The lowest BCUT2D eigenvalue weighted by Gasteiger charge is -2.04. The quantitative estimate of drug-likeness (QED) is 0.493. The largest absolute Gasteiger partial charge is 0.449 e. The van der Waals surface area contributed by atoms with Gasteiger partial charge in [-0.25, -0.2) is 0 Å². The molecule has 0 atom stereocenters. The fraction of sp³-hybridized carbons (Fsp3) is 0.100. The molecule has 4 aromatic rings.